The van der Waals surface area contributed by atoms with Crippen molar-refractivity contribution in [2.24, 2.45) is 0 Å². The molecule has 1 atom stereocenters. The molecule has 2 aliphatic rings. The molecule has 3 N–H and O–H groups in total. The summed E-state index contributed by atoms with van der Waals surface area (Å²) in [7, 11) is 0. The highest BCUT2D eigenvalue weighted by atomic mass is 19.4. The Morgan fingerprint density at radius 1 is 1.22 bits per heavy atom. The number of nitrogen functional groups attached to an aromatic ring is 1. The zero-order valence-corrected chi connectivity index (χ0v) is 22.4. The van der Waals surface area contributed by atoms with E-state index in [0.717, 1.165) is 18.3 Å². The molecule has 216 valence electrons. The van der Waals surface area contributed by atoms with Gasteiger partial charge in [0.1, 0.15) is 5.75 Å². The van der Waals surface area contributed by atoms with E-state index in [1.165, 1.54) is 9.80 Å². The molecule has 0 bridgehead atoms. The van der Waals surface area contributed by atoms with Crippen molar-refractivity contribution in [1.29, 1.82) is 0 Å². The number of benzene rings is 1. The van der Waals surface area contributed by atoms with Crippen molar-refractivity contribution in [3.63, 3.8) is 0 Å². The van der Waals surface area contributed by atoms with Crippen molar-refractivity contribution in [2.75, 3.05) is 25.4 Å². The molecular formula is C28H28F4N6O3. The Kier molecular flexibility index (Phi) is 7.00. The van der Waals surface area contributed by atoms with Crippen molar-refractivity contribution in [2.45, 2.75) is 44.8 Å². The van der Waals surface area contributed by atoms with Crippen LogP contribution in [0.2, 0.25) is 0 Å². The van der Waals surface area contributed by atoms with Crippen molar-refractivity contribution >= 4 is 17.5 Å². The quantitative estimate of drug-likeness (QED) is 0.276. The number of aromatic nitrogens is 3. The summed E-state index contributed by atoms with van der Waals surface area (Å²) in [6.45, 7) is 7.70. The van der Waals surface area contributed by atoms with Crippen LogP contribution in [-0.4, -0.2) is 61.1 Å². The van der Waals surface area contributed by atoms with Crippen LogP contribution in [0.3, 0.4) is 0 Å². The first-order valence-corrected chi connectivity index (χ1v) is 13.0. The average molecular weight is 573 g/mol. The number of nitrogens with two attached hydrogens (primary N) is 1. The smallest absolute Gasteiger partial charge is 0.437 e. The number of hydrogen-bond donors (Lipinski definition) is 2. The number of pyridine rings is 1. The predicted molar refractivity (Wildman–Crippen MR) is 141 cm³/mol. The second-order valence-electron chi connectivity index (χ2n) is 10.4. The van der Waals surface area contributed by atoms with E-state index in [1.54, 1.807) is 16.8 Å². The largest absolute Gasteiger partial charge is 0.506 e. The number of alkyl halides is 3. The Labute approximate surface area is 232 Å². The molecule has 9 nitrogen and oxygen atoms in total. The van der Waals surface area contributed by atoms with Gasteiger partial charge in [-0.05, 0) is 29.7 Å². The van der Waals surface area contributed by atoms with Crippen LogP contribution in [-0.2, 0) is 23.8 Å². The molecule has 2 amide bonds. The topological polar surface area (TPSA) is 118 Å². The summed E-state index contributed by atoms with van der Waals surface area (Å²) in [5.74, 6) is -2.81. The van der Waals surface area contributed by atoms with Gasteiger partial charge in [0, 0.05) is 44.2 Å². The minimum Gasteiger partial charge on any atom is -0.506 e. The molecule has 13 heteroatoms. The molecule has 2 aromatic heterocycles. The van der Waals surface area contributed by atoms with Gasteiger partial charge in [0.2, 0.25) is 5.91 Å². The van der Waals surface area contributed by atoms with Gasteiger partial charge in [-0.25, -0.2) is 14.1 Å². The van der Waals surface area contributed by atoms with Gasteiger partial charge < -0.3 is 20.6 Å². The van der Waals surface area contributed by atoms with Crippen molar-refractivity contribution in [3.05, 3.63) is 76.6 Å². The minimum atomic E-state index is -4.89. The van der Waals surface area contributed by atoms with Gasteiger partial charge in [-0.1, -0.05) is 26.5 Å². The summed E-state index contributed by atoms with van der Waals surface area (Å²) in [6, 6.07) is 3.37. The maximum atomic E-state index is 15.2. The number of carbonyl (C=O) groups is 2. The third-order valence-electron chi connectivity index (χ3n) is 7.58. The van der Waals surface area contributed by atoms with E-state index in [1.807, 2.05) is 13.8 Å². The van der Waals surface area contributed by atoms with E-state index in [-0.39, 0.29) is 49.1 Å². The molecular weight excluding hydrogens is 544 g/mol. The second-order valence-corrected chi connectivity index (χ2v) is 10.4. The van der Waals surface area contributed by atoms with Crippen LogP contribution in [0.5, 0.6) is 5.75 Å². The van der Waals surface area contributed by atoms with Gasteiger partial charge in [0.25, 0.3) is 5.91 Å². The van der Waals surface area contributed by atoms with E-state index in [0.29, 0.717) is 34.6 Å². The fourth-order valence-electron chi connectivity index (χ4n) is 5.55. The molecule has 4 heterocycles. The fraction of sp³-hybridized carbons (Fsp3) is 0.357. The number of anilines is 1. The summed E-state index contributed by atoms with van der Waals surface area (Å²) >= 11 is 0. The Hall–Kier alpha value is -4.42. The monoisotopic (exact) mass is 572 g/mol. The molecule has 0 spiro atoms. The van der Waals surface area contributed by atoms with Crippen LogP contribution < -0.4 is 5.73 Å². The van der Waals surface area contributed by atoms with E-state index < -0.39 is 35.4 Å². The second kappa shape index (κ2) is 10.2. The van der Waals surface area contributed by atoms with Crippen LogP contribution in [0.25, 0.3) is 5.69 Å². The molecule has 5 rings (SSSR count). The van der Waals surface area contributed by atoms with Crippen LogP contribution >= 0.6 is 0 Å². The summed E-state index contributed by atoms with van der Waals surface area (Å²) < 4.78 is 56.1. The lowest BCUT2D eigenvalue weighted by molar-refractivity contribution is -0.142. The van der Waals surface area contributed by atoms with E-state index >= 15 is 4.39 Å². The van der Waals surface area contributed by atoms with Crippen molar-refractivity contribution in [3.8, 4) is 11.4 Å². The van der Waals surface area contributed by atoms with Gasteiger partial charge in [-0.3, -0.25) is 9.59 Å². The maximum absolute atomic E-state index is 15.2. The lowest BCUT2D eigenvalue weighted by Gasteiger charge is -2.38. The van der Waals surface area contributed by atoms with Crippen molar-refractivity contribution < 1.29 is 32.3 Å². The highest BCUT2D eigenvalue weighted by Gasteiger charge is 2.41. The Balaban J connectivity index is 1.60. The Bertz CT molecular complexity index is 1570. The molecule has 0 radical (unpaired) electrons. The lowest BCUT2D eigenvalue weighted by atomic mass is 9.94. The highest BCUT2D eigenvalue weighted by molar-refractivity contribution is 5.95. The normalized spacial score (nSPS) is 16.9. The standard InChI is InChI=1S/C28H28F4N6O3/c1-4-22(40)36-9-7-17-23-18(38(35-17)19-6-5-16(14(2)3)24(29)25(19)33)8-10-37(20(23)13-36)27(41)15-11-21(39)26(34-12-15)28(30,31)32/h4-6,11-12,14,20,39H,1,7-10,13,33H2,2-3H3. The molecule has 2 aliphatic heterocycles. The summed E-state index contributed by atoms with van der Waals surface area (Å²) in [4.78, 5) is 32.5. The molecule has 0 aliphatic carbocycles. The SMILES string of the molecule is C=CC(=O)N1CCc2nn(-c3ccc(C(C)C)c(F)c3N)c3c2C(C1)N(C(=O)c1cnc(C(F)(F)F)c(O)c1)CC3. The summed E-state index contributed by atoms with van der Waals surface area (Å²) in [5, 5.41) is 14.7. The van der Waals surface area contributed by atoms with Gasteiger partial charge in [-0.15, -0.1) is 0 Å². The molecule has 0 fully saturated rings. The third-order valence-corrected chi connectivity index (χ3v) is 7.58. The first-order valence-electron chi connectivity index (χ1n) is 13.0. The zero-order valence-electron chi connectivity index (χ0n) is 22.4. The molecule has 1 unspecified atom stereocenters. The summed E-state index contributed by atoms with van der Waals surface area (Å²) in [6.07, 6.45) is -2.35. The van der Waals surface area contributed by atoms with Crippen LogP contribution in [0.15, 0.2) is 37.1 Å². The molecule has 41 heavy (non-hydrogen) atoms. The van der Waals surface area contributed by atoms with E-state index in [2.05, 4.69) is 11.6 Å². The number of amides is 2. The Morgan fingerprint density at radius 2 is 1.95 bits per heavy atom. The average Bonchev–Trinajstić information content (AvgIpc) is 3.17. The highest BCUT2D eigenvalue weighted by Crippen LogP contribution is 2.40. The number of hydrogen-bond acceptors (Lipinski definition) is 6. The molecule has 0 saturated carbocycles. The maximum Gasteiger partial charge on any atom is 0.437 e. The number of aromatic hydroxyl groups is 1. The van der Waals surface area contributed by atoms with E-state index in [4.69, 9.17) is 10.8 Å². The first kappa shape index (κ1) is 28.1. The summed E-state index contributed by atoms with van der Waals surface area (Å²) in [5.41, 5.74) is 7.20. The number of nitrogens with zero attached hydrogens (tertiary/aromatic N) is 5. The lowest BCUT2D eigenvalue weighted by Crippen LogP contribution is -2.45. The van der Waals surface area contributed by atoms with Gasteiger partial charge in [0.15, 0.2) is 11.5 Å². The minimum absolute atomic E-state index is 0.0602. The third kappa shape index (κ3) is 4.78. The number of halogens is 4. The molecule has 3 aromatic rings. The number of rotatable bonds is 4. The molecule has 1 aromatic carbocycles. The number of carbonyl (C=O) groups excluding carboxylic acids is 2. The first-order chi connectivity index (χ1) is 19.3. The predicted octanol–water partition coefficient (Wildman–Crippen LogP) is 4.15. The Morgan fingerprint density at radius 3 is 2.59 bits per heavy atom. The van der Waals surface area contributed by atoms with Crippen LogP contribution in [0.4, 0.5) is 23.2 Å². The zero-order chi connectivity index (χ0) is 29.8. The van der Waals surface area contributed by atoms with E-state index in [9.17, 15) is 27.9 Å². The van der Waals surface area contributed by atoms with Gasteiger partial charge in [0.05, 0.1) is 34.4 Å². The van der Waals surface area contributed by atoms with Crippen molar-refractivity contribution in [1.82, 2.24) is 24.6 Å². The van der Waals surface area contributed by atoms with Gasteiger partial charge >= 0.3 is 6.18 Å². The van der Waals surface area contributed by atoms with Crippen LogP contribution in [0, 0.1) is 5.82 Å². The van der Waals surface area contributed by atoms with Gasteiger partial charge in [-0.2, -0.15) is 18.3 Å². The van der Waals surface area contributed by atoms with Crippen LogP contribution in [0.1, 0.15) is 64.4 Å². The molecule has 0 saturated heterocycles. The fourth-order valence-corrected chi connectivity index (χ4v) is 5.55.